The molecule has 3 aromatic heterocycles. The maximum absolute atomic E-state index is 11.3. The molecule has 0 spiro atoms. The molecule has 0 radical (unpaired) electrons. The number of pyridine rings is 1. The first kappa shape index (κ1) is 19.0. The summed E-state index contributed by atoms with van der Waals surface area (Å²) in [4.78, 5) is 16.2. The minimum Gasteiger partial charge on any atom is -0.469 e. The van der Waals surface area contributed by atoms with Crippen LogP contribution in [-0.2, 0) is 16.0 Å². The molecule has 3 heterocycles. The fourth-order valence-corrected chi connectivity index (χ4v) is 5.46. The number of hydrogen-bond acceptors (Lipinski definition) is 5. The van der Waals surface area contributed by atoms with Gasteiger partial charge in [0.15, 0.2) is 0 Å². The van der Waals surface area contributed by atoms with Crippen molar-refractivity contribution in [2.75, 3.05) is 12.9 Å². The van der Waals surface area contributed by atoms with Crippen LogP contribution in [0.2, 0.25) is 0 Å². The van der Waals surface area contributed by atoms with E-state index in [9.17, 15) is 4.79 Å². The van der Waals surface area contributed by atoms with Gasteiger partial charge in [0, 0.05) is 29.5 Å². The van der Waals surface area contributed by atoms with Gasteiger partial charge in [-0.05, 0) is 53.4 Å². The van der Waals surface area contributed by atoms with Crippen LogP contribution in [0, 0.1) is 6.92 Å². The van der Waals surface area contributed by atoms with E-state index in [4.69, 9.17) is 9.72 Å². The number of thioether (sulfide) groups is 1. The molecule has 0 fully saturated rings. The molecular formula is C22H22N2O2S2. The van der Waals surface area contributed by atoms with Gasteiger partial charge in [0.2, 0.25) is 0 Å². The van der Waals surface area contributed by atoms with Crippen LogP contribution in [0.15, 0.2) is 53.0 Å². The molecule has 0 aliphatic carbocycles. The Balaban J connectivity index is 1.64. The lowest BCUT2D eigenvalue weighted by molar-refractivity contribution is -0.140. The molecule has 4 aromatic rings. The number of rotatable bonds is 7. The van der Waals surface area contributed by atoms with Crippen molar-refractivity contribution in [1.29, 1.82) is 0 Å². The fourth-order valence-electron chi connectivity index (χ4n) is 3.44. The van der Waals surface area contributed by atoms with E-state index < -0.39 is 0 Å². The number of carbonyl (C=O) groups excluding carboxylic acids is 1. The van der Waals surface area contributed by atoms with Crippen molar-refractivity contribution in [3.8, 4) is 0 Å². The number of hydrogen-bond donors (Lipinski definition) is 0. The molecule has 0 unspecified atom stereocenters. The maximum Gasteiger partial charge on any atom is 0.305 e. The minimum atomic E-state index is -0.156. The molecule has 0 atom stereocenters. The average Bonchev–Trinajstić information content (AvgIpc) is 3.28. The third kappa shape index (κ3) is 3.80. The highest BCUT2D eigenvalue weighted by molar-refractivity contribution is 7.99. The van der Waals surface area contributed by atoms with Crippen LogP contribution in [0.25, 0.3) is 15.7 Å². The number of ether oxygens (including phenoxy) is 1. The van der Waals surface area contributed by atoms with E-state index in [0.29, 0.717) is 6.42 Å². The number of aryl methyl sites for hydroxylation is 1. The third-order valence-corrected chi connectivity index (χ3v) is 6.92. The van der Waals surface area contributed by atoms with Gasteiger partial charge in [0.05, 0.1) is 12.8 Å². The molecule has 0 saturated carbocycles. The zero-order chi connectivity index (χ0) is 19.5. The molecule has 4 nitrogen and oxygen atoms in total. The van der Waals surface area contributed by atoms with Crippen molar-refractivity contribution < 1.29 is 9.53 Å². The molecule has 0 N–H and O–H groups in total. The van der Waals surface area contributed by atoms with E-state index in [2.05, 4.69) is 41.1 Å². The summed E-state index contributed by atoms with van der Waals surface area (Å²) in [5, 5.41) is 4.68. The van der Waals surface area contributed by atoms with Crippen LogP contribution < -0.4 is 0 Å². The summed E-state index contributed by atoms with van der Waals surface area (Å²) >= 11 is 3.52. The molecular weight excluding hydrogens is 388 g/mol. The van der Waals surface area contributed by atoms with E-state index in [-0.39, 0.29) is 5.97 Å². The van der Waals surface area contributed by atoms with Gasteiger partial charge in [-0.3, -0.25) is 4.79 Å². The van der Waals surface area contributed by atoms with Crippen molar-refractivity contribution in [2.24, 2.45) is 0 Å². The van der Waals surface area contributed by atoms with Gasteiger partial charge in [0.25, 0.3) is 0 Å². The molecule has 4 rings (SSSR count). The Hall–Kier alpha value is -2.31. The molecule has 144 valence electrons. The van der Waals surface area contributed by atoms with Crippen LogP contribution in [0.3, 0.4) is 0 Å². The number of aromatic nitrogens is 2. The normalized spacial score (nSPS) is 11.4. The lowest BCUT2D eigenvalue weighted by Crippen LogP contribution is -2.00. The second kappa shape index (κ2) is 8.37. The summed E-state index contributed by atoms with van der Waals surface area (Å²) in [6.07, 6.45) is 4.15. The van der Waals surface area contributed by atoms with Gasteiger partial charge in [0.1, 0.15) is 10.7 Å². The Morgan fingerprint density at radius 2 is 2.14 bits per heavy atom. The molecule has 0 bridgehead atoms. The highest BCUT2D eigenvalue weighted by Crippen LogP contribution is 2.33. The highest BCUT2D eigenvalue weighted by Gasteiger charge is 2.16. The highest BCUT2D eigenvalue weighted by atomic mass is 32.2. The maximum atomic E-state index is 11.3. The molecule has 28 heavy (non-hydrogen) atoms. The van der Waals surface area contributed by atoms with Crippen LogP contribution in [0.4, 0.5) is 0 Å². The summed E-state index contributed by atoms with van der Waals surface area (Å²) in [6, 6.07) is 12.6. The van der Waals surface area contributed by atoms with E-state index in [1.165, 1.54) is 34.0 Å². The van der Waals surface area contributed by atoms with Gasteiger partial charge < -0.3 is 9.14 Å². The third-order valence-electron chi connectivity index (χ3n) is 4.83. The zero-order valence-corrected chi connectivity index (χ0v) is 17.6. The number of methoxy groups -OCH3 is 1. The first-order chi connectivity index (χ1) is 13.7. The minimum absolute atomic E-state index is 0.156. The molecule has 0 aliphatic heterocycles. The van der Waals surface area contributed by atoms with E-state index in [0.717, 1.165) is 29.3 Å². The number of imidazole rings is 1. The number of nitrogens with zero attached hydrogens (tertiary/aromatic N) is 2. The van der Waals surface area contributed by atoms with E-state index in [1.54, 1.807) is 23.1 Å². The largest absolute Gasteiger partial charge is 0.469 e. The predicted octanol–water partition coefficient (Wildman–Crippen LogP) is 5.49. The average molecular weight is 411 g/mol. The zero-order valence-electron chi connectivity index (χ0n) is 16.0. The van der Waals surface area contributed by atoms with Gasteiger partial charge >= 0.3 is 5.97 Å². The number of benzene rings is 1. The van der Waals surface area contributed by atoms with Gasteiger partial charge in [-0.2, -0.15) is 0 Å². The number of thiophene rings is 1. The lowest BCUT2D eigenvalue weighted by atomic mass is 10.0. The van der Waals surface area contributed by atoms with Crippen LogP contribution >= 0.6 is 23.1 Å². The molecule has 6 heteroatoms. The number of esters is 1. The quantitative estimate of drug-likeness (QED) is 0.229. The fraction of sp³-hybridized carbons (Fsp3) is 0.273. The second-order valence-corrected chi connectivity index (χ2v) is 8.70. The topological polar surface area (TPSA) is 43.6 Å². The summed E-state index contributed by atoms with van der Waals surface area (Å²) < 4.78 is 8.24. The Morgan fingerprint density at radius 1 is 1.25 bits per heavy atom. The summed E-state index contributed by atoms with van der Waals surface area (Å²) in [5.74, 6) is 0.686. The van der Waals surface area contributed by atoms with Gasteiger partial charge in [-0.15, -0.1) is 23.1 Å². The number of carbonyl (C=O) groups is 1. The molecule has 0 saturated heterocycles. The summed E-state index contributed by atoms with van der Waals surface area (Å²) in [5.41, 5.74) is 4.83. The van der Waals surface area contributed by atoms with Crippen molar-refractivity contribution in [3.05, 3.63) is 64.8 Å². The molecule has 0 aliphatic rings. The first-order valence-corrected chi connectivity index (χ1v) is 11.1. The number of fused-ring (bicyclic) bond motifs is 2. The lowest BCUT2D eigenvalue weighted by Gasteiger charge is -2.06. The van der Waals surface area contributed by atoms with Crippen LogP contribution in [-0.4, -0.2) is 28.2 Å². The second-order valence-electron chi connectivity index (χ2n) is 6.71. The van der Waals surface area contributed by atoms with Crippen LogP contribution in [0.5, 0.6) is 0 Å². The van der Waals surface area contributed by atoms with Crippen molar-refractivity contribution in [1.82, 2.24) is 9.38 Å². The smallest absolute Gasteiger partial charge is 0.305 e. The first-order valence-electron chi connectivity index (χ1n) is 9.28. The molecule has 0 amide bonds. The Bertz CT molecular complexity index is 1130. The van der Waals surface area contributed by atoms with E-state index in [1.807, 2.05) is 18.2 Å². The predicted molar refractivity (Wildman–Crippen MR) is 117 cm³/mol. The standard InChI is InChI=1S/C22H22N2O2S2/c1-15-7-5-8-18-21(15)16(14-28-18)13-17-22(27-12-6-10-20(25)26-2)23-19-9-3-4-11-24(17)19/h3-5,7-9,11,14H,6,10,12-13H2,1-2H3. The van der Waals surface area contributed by atoms with Crippen molar-refractivity contribution >= 4 is 44.8 Å². The van der Waals surface area contributed by atoms with Gasteiger partial charge in [-0.25, -0.2) is 4.98 Å². The summed E-state index contributed by atoms with van der Waals surface area (Å²) in [6.45, 7) is 2.18. The van der Waals surface area contributed by atoms with Crippen LogP contribution in [0.1, 0.15) is 29.7 Å². The summed E-state index contributed by atoms with van der Waals surface area (Å²) in [7, 11) is 1.43. The molecule has 1 aromatic carbocycles. The Morgan fingerprint density at radius 3 is 3.00 bits per heavy atom. The monoisotopic (exact) mass is 410 g/mol. The SMILES string of the molecule is COC(=O)CCCSc1nc2ccccn2c1Cc1csc2cccc(C)c12. The van der Waals surface area contributed by atoms with Crippen molar-refractivity contribution in [3.63, 3.8) is 0 Å². The van der Waals surface area contributed by atoms with Crippen molar-refractivity contribution in [2.45, 2.75) is 31.2 Å². The van der Waals surface area contributed by atoms with Gasteiger partial charge in [-0.1, -0.05) is 18.2 Å². The Labute approximate surface area is 172 Å². The van der Waals surface area contributed by atoms with E-state index >= 15 is 0 Å². The Kier molecular flexibility index (Phi) is 5.69.